The molecule has 0 fully saturated rings. The second kappa shape index (κ2) is 8.73. The van der Waals surface area contributed by atoms with Crippen LogP contribution >= 0.6 is 0 Å². The number of hydrogen-bond acceptors (Lipinski definition) is 6. The number of carbonyl (C=O) groups excluding carboxylic acids is 2. The lowest BCUT2D eigenvalue weighted by Crippen LogP contribution is -2.33. The summed E-state index contributed by atoms with van der Waals surface area (Å²) in [6.07, 6.45) is 5.52. The molecule has 0 aliphatic heterocycles. The third-order valence-electron chi connectivity index (χ3n) is 5.32. The Balaban J connectivity index is 1.60. The summed E-state index contributed by atoms with van der Waals surface area (Å²) < 4.78 is 11.0. The standard InChI is InChI=1S/C22H25N5O4/c1-12(28)25-18-6-4-5-14-7-8-15(9-16(14)18)31-19-11-24-21-20(27-19)17(10-23-21)22(29)26-13(2)30-3/h7-11,13,18H,4-6H2,1-3H3,(H,23,24)(H,25,28)(H,26,29). The number of nitrogens with zero attached hydrogens (tertiary/aromatic N) is 2. The van der Waals surface area contributed by atoms with Crippen LogP contribution in [0.5, 0.6) is 11.6 Å². The normalized spacial score (nSPS) is 16.4. The third kappa shape index (κ3) is 4.51. The number of benzene rings is 1. The maximum atomic E-state index is 12.5. The number of ether oxygens (including phenoxy) is 2. The van der Waals surface area contributed by atoms with Crippen LogP contribution < -0.4 is 15.4 Å². The highest BCUT2D eigenvalue weighted by Crippen LogP contribution is 2.33. The molecule has 162 valence electrons. The van der Waals surface area contributed by atoms with Crippen LogP contribution in [-0.2, 0) is 16.0 Å². The van der Waals surface area contributed by atoms with Gasteiger partial charge in [-0.15, -0.1) is 0 Å². The lowest BCUT2D eigenvalue weighted by Gasteiger charge is -2.26. The number of aromatic nitrogens is 3. The average Bonchev–Trinajstić information content (AvgIpc) is 3.17. The van der Waals surface area contributed by atoms with Gasteiger partial charge < -0.3 is 25.1 Å². The van der Waals surface area contributed by atoms with Crippen LogP contribution in [0, 0.1) is 0 Å². The molecule has 3 N–H and O–H groups in total. The minimum Gasteiger partial charge on any atom is -0.437 e. The first kappa shape index (κ1) is 20.8. The van der Waals surface area contributed by atoms with Gasteiger partial charge in [0, 0.05) is 20.2 Å². The summed E-state index contributed by atoms with van der Waals surface area (Å²) in [5, 5.41) is 5.73. The number of rotatable bonds is 6. The van der Waals surface area contributed by atoms with Gasteiger partial charge in [0.1, 0.15) is 17.5 Å². The van der Waals surface area contributed by atoms with Crippen LogP contribution in [0.4, 0.5) is 0 Å². The minimum absolute atomic E-state index is 0.0267. The highest BCUT2D eigenvalue weighted by molar-refractivity contribution is 6.04. The van der Waals surface area contributed by atoms with E-state index in [1.165, 1.54) is 25.8 Å². The van der Waals surface area contributed by atoms with E-state index in [0.29, 0.717) is 22.5 Å². The fourth-order valence-electron chi connectivity index (χ4n) is 3.78. The maximum absolute atomic E-state index is 12.5. The van der Waals surface area contributed by atoms with Gasteiger partial charge in [-0.2, -0.15) is 0 Å². The molecule has 0 saturated carbocycles. The van der Waals surface area contributed by atoms with Crippen LogP contribution in [0.1, 0.15) is 54.2 Å². The van der Waals surface area contributed by atoms with Crippen molar-refractivity contribution < 1.29 is 19.1 Å². The molecule has 9 heteroatoms. The largest absolute Gasteiger partial charge is 0.437 e. The predicted octanol–water partition coefficient (Wildman–Crippen LogP) is 2.99. The van der Waals surface area contributed by atoms with E-state index in [4.69, 9.17) is 9.47 Å². The number of fused-ring (bicyclic) bond motifs is 2. The fraction of sp³-hybridized carbons (Fsp3) is 0.364. The van der Waals surface area contributed by atoms with Crippen LogP contribution in [0.25, 0.3) is 11.2 Å². The Kier molecular flexibility index (Phi) is 5.85. The molecule has 9 nitrogen and oxygen atoms in total. The smallest absolute Gasteiger partial charge is 0.257 e. The first-order valence-corrected chi connectivity index (χ1v) is 10.2. The van der Waals surface area contributed by atoms with Gasteiger partial charge in [0.2, 0.25) is 11.8 Å². The first-order valence-electron chi connectivity index (χ1n) is 10.2. The third-order valence-corrected chi connectivity index (χ3v) is 5.32. The van der Waals surface area contributed by atoms with Gasteiger partial charge in [-0.1, -0.05) is 6.07 Å². The van der Waals surface area contributed by atoms with Gasteiger partial charge in [-0.3, -0.25) is 9.59 Å². The van der Waals surface area contributed by atoms with Crippen molar-refractivity contribution in [2.24, 2.45) is 0 Å². The molecule has 1 aromatic carbocycles. The van der Waals surface area contributed by atoms with Gasteiger partial charge >= 0.3 is 0 Å². The van der Waals surface area contributed by atoms with E-state index in [0.717, 1.165) is 24.8 Å². The van der Waals surface area contributed by atoms with E-state index in [2.05, 4.69) is 25.6 Å². The van der Waals surface area contributed by atoms with Gasteiger partial charge in [-0.05, 0) is 49.4 Å². The molecular formula is C22H25N5O4. The number of methoxy groups -OCH3 is 1. The summed E-state index contributed by atoms with van der Waals surface area (Å²) in [5.74, 6) is 0.493. The number of hydrogen-bond donors (Lipinski definition) is 3. The number of nitrogens with one attached hydrogen (secondary N) is 3. The molecule has 2 atom stereocenters. The number of aromatic amines is 1. The van der Waals surface area contributed by atoms with Crippen molar-refractivity contribution >= 4 is 23.0 Å². The first-order chi connectivity index (χ1) is 14.9. The van der Waals surface area contributed by atoms with E-state index in [9.17, 15) is 9.59 Å². The van der Waals surface area contributed by atoms with E-state index < -0.39 is 6.23 Å². The molecule has 0 bridgehead atoms. The summed E-state index contributed by atoms with van der Waals surface area (Å²) in [4.78, 5) is 35.8. The van der Waals surface area contributed by atoms with Gasteiger partial charge in [0.05, 0.1) is 17.8 Å². The van der Waals surface area contributed by atoms with Crippen LogP contribution in [-0.4, -0.2) is 40.1 Å². The summed E-state index contributed by atoms with van der Waals surface area (Å²) in [5.41, 5.74) is 3.51. The molecule has 2 amide bonds. The molecule has 0 saturated heterocycles. The van der Waals surface area contributed by atoms with E-state index in [1.54, 1.807) is 13.1 Å². The van der Waals surface area contributed by atoms with E-state index in [1.807, 2.05) is 18.2 Å². The number of carbonyl (C=O) groups is 2. The lowest BCUT2D eigenvalue weighted by molar-refractivity contribution is -0.119. The van der Waals surface area contributed by atoms with Gasteiger partial charge in [0.15, 0.2) is 5.65 Å². The molecule has 2 aromatic heterocycles. The van der Waals surface area contributed by atoms with E-state index >= 15 is 0 Å². The summed E-state index contributed by atoms with van der Waals surface area (Å²) in [7, 11) is 1.51. The molecule has 0 radical (unpaired) electrons. The van der Waals surface area contributed by atoms with Crippen molar-refractivity contribution in [1.82, 2.24) is 25.6 Å². The van der Waals surface area contributed by atoms with Gasteiger partial charge in [0.25, 0.3) is 5.91 Å². The van der Waals surface area contributed by atoms with E-state index in [-0.39, 0.29) is 23.7 Å². The second-order valence-electron chi connectivity index (χ2n) is 7.57. The molecule has 1 aliphatic carbocycles. The monoisotopic (exact) mass is 423 g/mol. The Bertz CT molecular complexity index is 1130. The summed E-state index contributed by atoms with van der Waals surface area (Å²) in [6, 6.07) is 5.81. The molecule has 3 aromatic rings. The highest BCUT2D eigenvalue weighted by atomic mass is 16.5. The van der Waals surface area contributed by atoms with Crippen LogP contribution in [0.3, 0.4) is 0 Å². The highest BCUT2D eigenvalue weighted by Gasteiger charge is 2.22. The van der Waals surface area contributed by atoms with Crippen molar-refractivity contribution in [3.8, 4) is 11.6 Å². The summed E-state index contributed by atoms with van der Waals surface area (Å²) >= 11 is 0. The molecule has 31 heavy (non-hydrogen) atoms. The zero-order chi connectivity index (χ0) is 22.0. The SMILES string of the molecule is COC(C)NC(=O)c1c[nH]c2ncc(Oc3ccc4c(c3)C(NC(C)=O)CCC4)nc12. The second-order valence-corrected chi connectivity index (χ2v) is 7.57. The number of H-pyrrole nitrogens is 1. The molecule has 1 aliphatic rings. The molecule has 2 heterocycles. The van der Waals surface area contributed by atoms with Crippen molar-refractivity contribution in [1.29, 1.82) is 0 Å². The van der Waals surface area contributed by atoms with Crippen LogP contribution in [0.15, 0.2) is 30.6 Å². The van der Waals surface area contributed by atoms with Crippen molar-refractivity contribution in [2.75, 3.05) is 7.11 Å². The molecule has 2 unspecified atom stereocenters. The van der Waals surface area contributed by atoms with Crippen molar-refractivity contribution in [2.45, 2.75) is 45.4 Å². The Morgan fingerprint density at radius 2 is 2.16 bits per heavy atom. The Morgan fingerprint density at radius 1 is 1.32 bits per heavy atom. The maximum Gasteiger partial charge on any atom is 0.257 e. The number of amides is 2. The Morgan fingerprint density at radius 3 is 2.94 bits per heavy atom. The zero-order valence-electron chi connectivity index (χ0n) is 17.7. The van der Waals surface area contributed by atoms with Crippen molar-refractivity contribution in [3.63, 3.8) is 0 Å². The molecular weight excluding hydrogens is 398 g/mol. The topological polar surface area (TPSA) is 118 Å². The molecule has 0 spiro atoms. The average molecular weight is 423 g/mol. The quantitative estimate of drug-likeness (QED) is 0.525. The van der Waals surface area contributed by atoms with Gasteiger partial charge in [-0.25, -0.2) is 9.97 Å². The minimum atomic E-state index is -0.433. The zero-order valence-corrected chi connectivity index (χ0v) is 17.7. The van der Waals surface area contributed by atoms with Crippen LogP contribution in [0.2, 0.25) is 0 Å². The fourth-order valence-corrected chi connectivity index (χ4v) is 3.78. The Hall–Kier alpha value is -3.46. The summed E-state index contributed by atoms with van der Waals surface area (Å²) in [6.45, 7) is 3.26. The molecule has 4 rings (SSSR count). The number of aryl methyl sites for hydroxylation is 1. The predicted molar refractivity (Wildman–Crippen MR) is 114 cm³/mol. The Labute approximate surface area is 179 Å². The lowest BCUT2D eigenvalue weighted by atomic mass is 9.87. The van der Waals surface area contributed by atoms with Crippen molar-refractivity contribution in [3.05, 3.63) is 47.3 Å².